The Morgan fingerprint density at radius 3 is 2.56 bits per heavy atom. The van der Waals surface area contributed by atoms with E-state index in [1.165, 1.54) is 5.57 Å². The van der Waals surface area contributed by atoms with E-state index in [0.717, 1.165) is 80.9 Å². The van der Waals surface area contributed by atoms with Crippen molar-refractivity contribution in [3.8, 4) is 11.5 Å². The zero-order chi connectivity index (χ0) is 23.3. The first-order chi connectivity index (χ1) is 15.3. The molecule has 2 atom stereocenters. The van der Waals surface area contributed by atoms with Crippen molar-refractivity contribution in [2.45, 2.75) is 97.4 Å². The SMILES string of the molecule is C=C(C)C1CCC(C)=CC1c1c(O)cc(CCCCC)c(CNC(=O)C2CCCC2)c1O. The van der Waals surface area contributed by atoms with Crippen LogP contribution < -0.4 is 5.32 Å². The van der Waals surface area contributed by atoms with Crippen LogP contribution in [0.4, 0.5) is 0 Å². The zero-order valence-electron chi connectivity index (χ0n) is 20.2. The number of phenols is 2. The Hall–Kier alpha value is -2.23. The van der Waals surface area contributed by atoms with Crippen molar-refractivity contribution in [3.05, 3.63) is 46.6 Å². The molecule has 2 aliphatic rings. The Labute approximate surface area is 193 Å². The van der Waals surface area contributed by atoms with Gasteiger partial charge in [-0.1, -0.05) is 56.4 Å². The van der Waals surface area contributed by atoms with Crippen LogP contribution in [0.2, 0.25) is 0 Å². The second-order valence-corrected chi connectivity index (χ2v) is 9.98. The standard InChI is InChI=1S/C28H41NO3/c1-5-6-7-12-21-16-25(30)26(23-15-19(4)13-14-22(23)18(2)3)27(31)24(21)17-29-28(32)20-10-8-9-11-20/h15-16,20,22-23,30-31H,2,5-14,17H2,1,3-4H3,(H,29,32). The number of unbranched alkanes of at least 4 members (excludes halogenated alkanes) is 2. The lowest BCUT2D eigenvalue weighted by Gasteiger charge is -2.32. The smallest absolute Gasteiger partial charge is 0.223 e. The van der Waals surface area contributed by atoms with Gasteiger partial charge in [0.1, 0.15) is 11.5 Å². The van der Waals surface area contributed by atoms with E-state index in [1.54, 1.807) is 0 Å². The quantitative estimate of drug-likeness (QED) is 0.298. The highest BCUT2D eigenvalue weighted by atomic mass is 16.3. The van der Waals surface area contributed by atoms with Gasteiger partial charge in [-0.25, -0.2) is 0 Å². The van der Waals surface area contributed by atoms with Crippen LogP contribution in [0.15, 0.2) is 29.9 Å². The molecule has 0 spiro atoms. The zero-order valence-corrected chi connectivity index (χ0v) is 20.2. The van der Waals surface area contributed by atoms with Crippen LogP contribution in [0.1, 0.15) is 101 Å². The summed E-state index contributed by atoms with van der Waals surface area (Å²) in [4.78, 5) is 12.7. The summed E-state index contributed by atoms with van der Waals surface area (Å²) in [7, 11) is 0. The van der Waals surface area contributed by atoms with Gasteiger partial charge >= 0.3 is 0 Å². The highest BCUT2D eigenvalue weighted by Gasteiger charge is 2.32. The van der Waals surface area contributed by atoms with Gasteiger partial charge in [0.2, 0.25) is 5.91 Å². The van der Waals surface area contributed by atoms with Gasteiger partial charge in [-0.05, 0) is 69.9 Å². The molecule has 0 saturated heterocycles. The van der Waals surface area contributed by atoms with E-state index in [0.29, 0.717) is 12.1 Å². The maximum atomic E-state index is 12.7. The van der Waals surface area contributed by atoms with Gasteiger partial charge in [0.05, 0.1) is 0 Å². The van der Waals surface area contributed by atoms with Crippen LogP contribution >= 0.6 is 0 Å². The van der Waals surface area contributed by atoms with Gasteiger partial charge in [-0.3, -0.25) is 4.79 Å². The molecule has 2 aliphatic carbocycles. The van der Waals surface area contributed by atoms with Crippen LogP contribution in [0.5, 0.6) is 11.5 Å². The molecule has 1 amide bonds. The third-order valence-electron chi connectivity index (χ3n) is 7.44. The molecule has 0 bridgehead atoms. The fourth-order valence-corrected chi connectivity index (χ4v) is 5.49. The van der Waals surface area contributed by atoms with Gasteiger partial charge in [-0.15, -0.1) is 0 Å². The number of hydrogen-bond acceptors (Lipinski definition) is 3. The van der Waals surface area contributed by atoms with Crippen LogP contribution in [0, 0.1) is 11.8 Å². The third kappa shape index (κ3) is 5.57. The van der Waals surface area contributed by atoms with Crippen LogP contribution in [0.3, 0.4) is 0 Å². The maximum absolute atomic E-state index is 12.7. The van der Waals surface area contributed by atoms with E-state index < -0.39 is 0 Å². The fraction of sp³-hybridized carbons (Fsp3) is 0.607. The number of carbonyl (C=O) groups excluding carboxylic acids is 1. The Bertz CT molecular complexity index is 864. The minimum Gasteiger partial charge on any atom is -0.507 e. The molecule has 1 aromatic carbocycles. The predicted octanol–water partition coefficient (Wildman–Crippen LogP) is 6.65. The van der Waals surface area contributed by atoms with E-state index in [9.17, 15) is 15.0 Å². The number of amides is 1. The number of nitrogens with one attached hydrogen (secondary N) is 1. The fourth-order valence-electron chi connectivity index (χ4n) is 5.49. The van der Waals surface area contributed by atoms with Crippen molar-refractivity contribution in [2.75, 3.05) is 0 Å². The number of aromatic hydroxyl groups is 2. The lowest BCUT2D eigenvalue weighted by atomic mass is 9.73. The van der Waals surface area contributed by atoms with Gasteiger partial charge < -0.3 is 15.5 Å². The summed E-state index contributed by atoms with van der Waals surface area (Å²) in [5.41, 5.74) is 4.63. The summed E-state index contributed by atoms with van der Waals surface area (Å²) in [6, 6.07) is 1.83. The lowest BCUT2D eigenvalue weighted by molar-refractivity contribution is -0.124. The van der Waals surface area contributed by atoms with Crippen LogP contribution in [-0.2, 0) is 17.8 Å². The average Bonchev–Trinajstić information content (AvgIpc) is 3.28. The van der Waals surface area contributed by atoms with Gasteiger partial charge in [0, 0.05) is 29.5 Å². The molecule has 32 heavy (non-hydrogen) atoms. The van der Waals surface area contributed by atoms with E-state index in [1.807, 2.05) is 13.0 Å². The van der Waals surface area contributed by atoms with E-state index in [-0.39, 0.29) is 35.2 Å². The summed E-state index contributed by atoms with van der Waals surface area (Å²) in [5, 5.41) is 25.6. The minimum atomic E-state index is -0.102. The average molecular weight is 440 g/mol. The molecule has 176 valence electrons. The summed E-state index contributed by atoms with van der Waals surface area (Å²) < 4.78 is 0. The molecule has 2 unspecified atom stereocenters. The van der Waals surface area contributed by atoms with Crippen molar-refractivity contribution < 1.29 is 15.0 Å². The number of carbonyl (C=O) groups is 1. The largest absolute Gasteiger partial charge is 0.507 e. The van der Waals surface area contributed by atoms with Crippen molar-refractivity contribution in [1.82, 2.24) is 5.32 Å². The number of benzene rings is 1. The summed E-state index contributed by atoms with van der Waals surface area (Å²) in [5.74, 6) is 0.559. The number of phenolic OH excluding ortho intramolecular Hbond substituents is 2. The first-order valence-electron chi connectivity index (χ1n) is 12.5. The highest BCUT2D eigenvalue weighted by Crippen LogP contribution is 2.48. The molecule has 4 nitrogen and oxygen atoms in total. The molecular formula is C28H41NO3. The summed E-state index contributed by atoms with van der Waals surface area (Å²) in [6.45, 7) is 10.8. The second-order valence-electron chi connectivity index (χ2n) is 9.98. The molecule has 3 N–H and O–H groups in total. The van der Waals surface area contributed by atoms with Gasteiger partial charge in [0.15, 0.2) is 0 Å². The monoisotopic (exact) mass is 439 g/mol. The van der Waals surface area contributed by atoms with E-state index >= 15 is 0 Å². The summed E-state index contributed by atoms with van der Waals surface area (Å²) in [6.07, 6.45) is 12.3. The Morgan fingerprint density at radius 2 is 1.91 bits per heavy atom. The number of allylic oxidation sites excluding steroid dienone is 3. The maximum Gasteiger partial charge on any atom is 0.223 e. The Kier molecular flexibility index (Phi) is 8.44. The molecule has 0 heterocycles. The van der Waals surface area contributed by atoms with Crippen LogP contribution in [-0.4, -0.2) is 16.1 Å². The molecule has 1 aromatic rings. The molecular weight excluding hydrogens is 398 g/mol. The van der Waals surface area contributed by atoms with Crippen LogP contribution in [0.25, 0.3) is 0 Å². The topological polar surface area (TPSA) is 69.6 Å². The molecule has 0 aliphatic heterocycles. The minimum absolute atomic E-state index is 0.0873. The van der Waals surface area contributed by atoms with Crippen molar-refractivity contribution in [2.24, 2.45) is 11.8 Å². The van der Waals surface area contributed by atoms with Gasteiger partial charge in [0.25, 0.3) is 0 Å². The predicted molar refractivity (Wildman–Crippen MR) is 131 cm³/mol. The van der Waals surface area contributed by atoms with E-state index in [2.05, 4.69) is 31.8 Å². The number of hydrogen-bond donors (Lipinski definition) is 3. The lowest BCUT2D eigenvalue weighted by Crippen LogP contribution is -2.29. The molecule has 1 fully saturated rings. The first-order valence-corrected chi connectivity index (χ1v) is 12.5. The Balaban J connectivity index is 1.96. The van der Waals surface area contributed by atoms with Crippen molar-refractivity contribution in [1.29, 1.82) is 0 Å². The summed E-state index contributed by atoms with van der Waals surface area (Å²) >= 11 is 0. The van der Waals surface area contributed by atoms with Crippen molar-refractivity contribution in [3.63, 3.8) is 0 Å². The molecule has 1 saturated carbocycles. The highest BCUT2D eigenvalue weighted by molar-refractivity contribution is 5.79. The number of aryl methyl sites for hydroxylation is 1. The van der Waals surface area contributed by atoms with E-state index in [4.69, 9.17) is 0 Å². The molecule has 3 rings (SSSR count). The second kappa shape index (κ2) is 11.1. The van der Waals surface area contributed by atoms with Gasteiger partial charge in [-0.2, -0.15) is 0 Å². The Morgan fingerprint density at radius 1 is 1.19 bits per heavy atom. The molecule has 0 aromatic heterocycles. The first kappa shape index (κ1) is 24.4. The van der Waals surface area contributed by atoms with Crippen molar-refractivity contribution >= 4 is 5.91 Å². The number of rotatable bonds is 9. The molecule has 0 radical (unpaired) electrons. The third-order valence-corrected chi connectivity index (χ3v) is 7.44. The normalized spacial score (nSPS) is 21.4. The molecule has 4 heteroatoms.